The van der Waals surface area contributed by atoms with E-state index in [1.54, 1.807) is 18.2 Å². The molecule has 0 atom stereocenters. The van der Waals surface area contributed by atoms with Gasteiger partial charge in [-0.2, -0.15) is 0 Å². The maximum Gasteiger partial charge on any atom is 0.253 e. The Morgan fingerprint density at radius 2 is 2.00 bits per heavy atom. The molecule has 0 aromatic heterocycles. The largest absolute Gasteiger partial charge is 0.491 e. The molecule has 1 aromatic rings. The molecule has 0 unspecified atom stereocenters. The molecule has 2 rings (SSSR count). The van der Waals surface area contributed by atoms with Crippen LogP contribution in [0.15, 0.2) is 18.2 Å². The average Bonchev–Trinajstić information content (AvgIpc) is 2.52. The van der Waals surface area contributed by atoms with Crippen molar-refractivity contribution in [2.24, 2.45) is 0 Å². The topological polar surface area (TPSA) is 29.5 Å². The molecule has 1 aliphatic rings. The Hall–Kier alpha value is -1.29. The molecule has 1 fully saturated rings. The Labute approximate surface area is 123 Å². The van der Waals surface area contributed by atoms with E-state index in [-0.39, 0.29) is 12.5 Å². The van der Waals surface area contributed by atoms with E-state index in [0.717, 1.165) is 31.5 Å². The monoisotopic (exact) mass is 299 g/mol. The Bertz CT molecular complexity index is 461. The van der Waals surface area contributed by atoms with Crippen molar-refractivity contribution < 1.29 is 13.9 Å². The Balaban J connectivity index is 2.18. The molecule has 0 N–H and O–H groups in total. The molecule has 0 spiro atoms. The number of rotatable bonds is 5. The molecule has 0 bridgehead atoms. The van der Waals surface area contributed by atoms with Crippen molar-refractivity contribution in [3.05, 3.63) is 29.3 Å². The number of carbonyl (C=O) groups is 1. The number of nitrogens with zero attached hydrogens (tertiary/aromatic N) is 1. The summed E-state index contributed by atoms with van der Waals surface area (Å²) in [4.78, 5) is 14.3. The fourth-order valence-electron chi connectivity index (χ4n) is 2.38. The predicted molar refractivity (Wildman–Crippen MR) is 77.2 cm³/mol. The summed E-state index contributed by atoms with van der Waals surface area (Å²) in [5.41, 5.74) is 1.38. The number of carbonyl (C=O) groups excluding carboxylic acids is 1. The van der Waals surface area contributed by atoms with Gasteiger partial charge in [-0.05, 0) is 43.0 Å². The minimum Gasteiger partial charge on any atom is -0.491 e. The number of likely N-dealkylation sites (tertiary alicyclic amines) is 1. The van der Waals surface area contributed by atoms with Gasteiger partial charge in [0.05, 0.1) is 0 Å². The zero-order valence-electron chi connectivity index (χ0n) is 11.4. The van der Waals surface area contributed by atoms with E-state index in [0.29, 0.717) is 17.2 Å². The van der Waals surface area contributed by atoms with Crippen LogP contribution in [0, 0.1) is 0 Å². The van der Waals surface area contributed by atoms with Crippen LogP contribution in [-0.4, -0.2) is 37.2 Å². The van der Waals surface area contributed by atoms with Gasteiger partial charge in [-0.15, -0.1) is 11.6 Å². The maximum absolute atomic E-state index is 12.4. The number of halogens is 2. The highest BCUT2D eigenvalue weighted by molar-refractivity contribution is 6.17. The highest BCUT2D eigenvalue weighted by Gasteiger charge is 2.19. The molecule has 1 aromatic carbocycles. The standard InChI is InChI=1S/C15H19ClFNO2/c16-11-12-8-13(10-14(9-12)20-7-4-17)15(19)18-5-2-1-3-6-18/h8-10H,1-7,11H2. The van der Waals surface area contributed by atoms with Crippen LogP contribution in [0.1, 0.15) is 35.2 Å². The van der Waals surface area contributed by atoms with Gasteiger partial charge in [0.1, 0.15) is 19.0 Å². The Morgan fingerprint density at radius 3 is 2.65 bits per heavy atom. The third-order valence-corrected chi connectivity index (χ3v) is 3.67. The van der Waals surface area contributed by atoms with Gasteiger partial charge in [0, 0.05) is 24.5 Å². The van der Waals surface area contributed by atoms with Crippen LogP contribution in [0.2, 0.25) is 0 Å². The second-order valence-electron chi connectivity index (χ2n) is 4.89. The second-order valence-corrected chi connectivity index (χ2v) is 5.16. The van der Waals surface area contributed by atoms with Crippen molar-refractivity contribution in [3.63, 3.8) is 0 Å². The molecular formula is C15H19ClFNO2. The minimum absolute atomic E-state index is 0.00163. The normalized spacial score (nSPS) is 15.2. The first-order chi connectivity index (χ1) is 9.74. The summed E-state index contributed by atoms with van der Waals surface area (Å²) in [7, 11) is 0. The fourth-order valence-corrected chi connectivity index (χ4v) is 2.53. The average molecular weight is 300 g/mol. The smallest absolute Gasteiger partial charge is 0.253 e. The van der Waals surface area contributed by atoms with Crippen molar-refractivity contribution >= 4 is 17.5 Å². The van der Waals surface area contributed by atoms with Crippen LogP contribution in [-0.2, 0) is 5.88 Å². The van der Waals surface area contributed by atoms with Crippen LogP contribution in [0.3, 0.4) is 0 Å². The van der Waals surface area contributed by atoms with E-state index in [9.17, 15) is 9.18 Å². The molecule has 1 aliphatic heterocycles. The zero-order chi connectivity index (χ0) is 14.4. The van der Waals surface area contributed by atoms with Crippen LogP contribution in [0.25, 0.3) is 0 Å². The number of piperidine rings is 1. The van der Waals surface area contributed by atoms with Gasteiger partial charge in [-0.1, -0.05) is 0 Å². The van der Waals surface area contributed by atoms with Gasteiger partial charge in [-0.25, -0.2) is 4.39 Å². The SMILES string of the molecule is O=C(c1cc(CCl)cc(OCCF)c1)N1CCCCC1. The van der Waals surface area contributed by atoms with E-state index >= 15 is 0 Å². The van der Waals surface area contributed by atoms with Gasteiger partial charge < -0.3 is 9.64 Å². The number of benzene rings is 1. The van der Waals surface area contributed by atoms with Crippen LogP contribution in [0.4, 0.5) is 4.39 Å². The zero-order valence-corrected chi connectivity index (χ0v) is 12.2. The molecule has 1 saturated heterocycles. The number of amides is 1. The first kappa shape index (κ1) is 15.1. The van der Waals surface area contributed by atoms with Crippen molar-refractivity contribution in [3.8, 4) is 5.75 Å². The maximum atomic E-state index is 12.4. The number of hydrogen-bond donors (Lipinski definition) is 0. The molecular weight excluding hydrogens is 281 g/mol. The summed E-state index contributed by atoms with van der Waals surface area (Å²) in [6.07, 6.45) is 3.27. The second kappa shape index (κ2) is 7.48. The van der Waals surface area contributed by atoms with E-state index in [2.05, 4.69) is 0 Å². The quantitative estimate of drug-likeness (QED) is 0.780. The van der Waals surface area contributed by atoms with Crippen molar-refractivity contribution in [1.82, 2.24) is 4.90 Å². The Morgan fingerprint density at radius 1 is 1.25 bits per heavy atom. The van der Waals surface area contributed by atoms with E-state index in [1.165, 1.54) is 6.42 Å². The molecule has 1 amide bonds. The van der Waals surface area contributed by atoms with Crippen LogP contribution < -0.4 is 4.74 Å². The highest BCUT2D eigenvalue weighted by atomic mass is 35.5. The Kier molecular flexibility index (Phi) is 5.65. The third-order valence-electron chi connectivity index (χ3n) is 3.36. The van der Waals surface area contributed by atoms with Crippen molar-refractivity contribution in [2.45, 2.75) is 25.1 Å². The van der Waals surface area contributed by atoms with Crippen molar-refractivity contribution in [2.75, 3.05) is 26.4 Å². The molecule has 0 aliphatic carbocycles. The first-order valence-electron chi connectivity index (χ1n) is 6.92. The van der Waals surface area contributed by atoms with Gasteiger partial charge in [0.2, 0.25) is 0 Å². The van der Waals surface area contributed by atoms with E-state index in [4.69, 9.17) is 16.3 Å². The lowest BCUT2D eigenvalue weighted by molar-refractivity contribution is 0.0723. The minimum atomic E-state index is -0.555. The van der Waals surface area contributed by atoms with Crippen molar-refractivity contribution in [1.29, 1.82) is 0 Å². The molecule has 5 heteroatoms. The van der Waals surface area contributed by atoms with E-state index in [1.807, 2.05) is 4.90 Å². The number of hydrogen-bond acceptors (Lipinski definition) is 2. The summed E-state index contributed by atoms with van der Waals surface area (Å²) in [5, 5.41) is 0. The summed E-state index contributed by atoms with van der Waals surface area (Å²) < 4.78 is 17.5. The van der Waals surface area contributed by atoms with Gasteiger partial charge >= 0.3 is 0 Å². The van der Waals surface area contributed by atoms with Crippen LogP contribution in [0.5, 0.6) is 5.75 Å². The molecule has 0 radical (unpaired) electrons. The lowest BCUT2D eigenvalue weighted by Crippen LogP contribution is -2.35. The molecule has 0 saturated carbocycles. The molecule has 1 heterocycles. The molecule has 110 valence electrons. The molecule has 3 nitrogen and oxygen atoms in total. The highest BCUT2D eigenvalue weighted by Crippen LogP contribution is 2.21. The number of ether oxygens (including phenoxy) is 1. The van der Waals surface area contributed by atoms with Gasteiger partial charge in [0.25, 0.3) is 5.91 Å². The summed E-state index contributed by atoms with van der Waals surface area (Å²) in [6, 6.07) is 5.20. The first-order valence-corrected chi connectivity index (χ1v) is 7.46. The fraction of sp³-hybridized carbons (Fsp3) is 0.533. The molecule has 20 heavy (non-hydrogen) atoms. The summed E-state index contributed by atoms with van der Waals surface area (Å²) in [6.45, 7) is 1.03. The van der Waals surface area contributed by atoms with E-state index < -0.39 is 6.67 Å². The predicted octanol–water partition coefficient (Wildman–Crippen LogP) is 3.40. The van der Waals surface area contributed by atoms with Crippen LogP contribution >= 0.6 is 11.6 Å². The summed E-state index contributed by atoms with van der Waals surface area (Å²) in [5.74, 6) is 0.801. The third kappa shape index (κ3) is 3.85. The lowest BCUT2D eigenvalue weighted by atomic mass is 10.1. The van der Waals surface area contributed by atoms with Gasteiger partial charge in [-0.3, -0.25) is 4.79 Å². The van der Waals surface area contributed by atoms with Gasteiger partial charge in [0.15, 0.2) is 0 Å². The summed E-state index contributed by atoms with van der Waals surface area (Å²) >= 11 is 5.84. The number of alkyl halides is 2. The lowest BCUT2D eigenvalue weighted by Gasteiger charge is -2.27.